The van der Waals surface area contributed by atoms with Crippen LogP contribution in [0.5, 0.6) is 11.5 Å². The van der Waals surface area contributed by atoms with Crippen LogP contribution in [-0.2, 0) is 9.59 Å². The van der Waals surface area contributed by atoms with Crippen molar-refractivity contribution in [3.63, 3.8) is 0 Å². The van der Waals surface area contributed by atoms with E-state index < -0.39 is 0 Å². The Kier molecular flexibility index (Phi) is 5.82. The largest absolute Gasteiger partial charge is 0.493 e. The van der Waals surface area contributed by atoms with Crippen molar-refractivity contribution in [3.05, 3.63) is 69.9 Å². The molecule has 2 aromatic rings. The topological polar surface area (TPSA) is 64.6 Å². The van der Waals surface area contributed by atoms with E-state index in [0.717, 1.165) is 11.1 Å². The van der Waals surface area contributed by atoms with Crippen LogP contribution in [0.15, 0.2) is 53.7 Å². The van der Waals surface area contributed by atoms with E-state index in [2.05, 4.69) is 5.32 Å². The molecule has 2 aliphatic rings. The van der Waals surface area contributed by atoms with Crippen molar-refractivity contribution < 1.29 is 19.1 Å². The number of hydrogen-bond donors (Lipinski definition) is 1. The summed E-state index contributed by atoms with van der Waals surface area (Å²) in [6, 6.07) is 13.2. The summed E-state index contributed by atoms with van der Waals surface area (Å²) in [6.45, 7) is 2.46. The van der Waals surface area contributed by atoms with Crippen LogP contribution in [-0.4, -0.2) is 25.4 Å². The molecule has 2 atom stereocenters. The highest BCUT2D eigenvalue weighted by atomic mass is 35.5. The average Bonchev–Trinajstić information content (AvgIpc) is 2.73. The highest BCUT2D eigenvalue weighted by Gasteiger charge is 2.38. The van der Waals surface area contributed by atoms with Gasteiger partial charge in [-0.2, -0.15) is 0 Å². The molecule has 5 nitrogen and oxygen atoms in total. The smallest absolute Gasteiger partial charge is 0.225 e. The fourth-order valence-electron chi connectivity index (χ4n) is 4.43. The molecule has 0 radical (unpaired) electrons. The van der Waals surface area contributed by atoms with E-state index in [9.17, 15) is 9.59 Å². The number of rotatable bonds is 5. The number of hydrogen-bond acceptors (Lipinski definition) is 4. The summed E-state index contributed by atoms with van der Waals surface area (Å²) in [5, 5.41) is 3.53. The van der Waals surface area contributed by atoms with Gasteiger partial charge in [0.25, 0.3) is 0 Å². The number of ketones is 1. The molecule has 4 rings (SSSR count). The summed E-state index contributed by atoms with van der Waals surface area (Å²) in [4.78, 5) is 25.7. The summed E-state index contributed by atoms with van der Waals surface area (Å²) >= 11 is 6.39. The Morgan fingerprint density at radius 1 is 1.07 bits per heavy atom. The van der Waals surface area contributed by atoms with Crippen LogP contribution in [0, 0.1) is 0 Å². The number of halogens is 1. The molecule has 0 spiro atoms. The Morgan fingerprint density at radius 3 is 2.60 bits per heavy atom. The third-order valence-electron chi connectivity index (χ3n) is 5.78. The first-order chi connectivity index (χ1) is 14.5. The number of nitrogens with one attached hydrogen (secondary N) is 1. The highest BCUT2D eigenvalue weighted by Crippen LogP contribution is 2.44. The highest BCUT2D eigenvalue weighted by molar-refractivity contribution is 6.31. The molecule has 0 bridgehead atoms. The van der Waals surface area contributed by atoms with Crippen molar-refractivity contribution >= 4 is 23.3 Å². The predicted octanol–water partition coefficient (Wildman–Crippen LogP) is 4.75. The normalized spacial score (nSPS) is 21.2. The minimum absolute atomic E-state index is 0.0360. The summed E-state index contributed by atoms with van der Waals surface area (Å²) in [6.07, 6.45) is 1.20. The lowest BCUT2D eigenvalue weighted by Gasteiger charge is -2.34. The zero-order chi connectivity index (χ0) is 21.3. The first kappa shape index (κ1) is 20.5. The third kappa shape index (κ3) is 3.82. The van der Waals surface area contributed by atoms with E-state index in [1.54, 1.807) is 13.2 Å². The molecule has 1 amide bonds. The van der Waals surface area contributed by atoms with Crippen LogP contribution < -0.4 is 14.8 Å². The Balaban J connectivity index is 1.69. The molecule has 30 heavy (non-hydrogen) atoms. The summed E-state index contributed by atoms with van der Waals surface area (Å²) in [5.41, 5.74) is 3.22. The molecular weight excluding hydrogens is 402 g/mol. The predicted molar refractivity (Wildman–Crippen MR) is 115 cm³/mol. The van der Waals surface area contributed by atoms with Gasteiger partial charge in [-0.1, -0.05) is 35.9 Å². The third-order valence-corrected chi connectivity index (χ3v) is 6.12. The maximum absolute atomic E-state index is 13.2. The van der Waals surface area contributed by atoms with Crippen molar-refractivity contribution in [2.45, 2.75) is 38.0 Å². The summed E-state index contributed by atoms with van der Waals surface area (Å²) < 4.78 is 11.1. The molecule has 1 aliphatic heterocycles. The lowest BCUT2D eigenvalue weighted by atomic mass is 9.73. The minimum atomic E-state index is -0.300. The van der Waals surface area contributed by atoms with Crippen LogP contribution in [0.4, 0.5) is 0 Å². The molecule has 1 heterocycles. The van der Waals surface area contributed by atoms with E-state index in [-0.39, 0.29) is 29.9 Å². The van der Waals surface area contributed by atoms with Gasteiger partial charge in [0, 0.05) is 35.1 Å². The number of benzene rings is 2. The lowest BCUT2D eigenvalue weighted by molar-refractivity contribution is -0.122. The lowest BCUT2D eigenvalue weighted by Crippen LogP contribution is -2.38. The van der Waals surface area contributed by atoms with E-state index in [0.29, 0.717) is 47.2 Å². The Labute approximate surface area is 181 Å². The van der Waals surface area contributed by atoms with Gasteiger partial charge >= 0.3 is 0 Å². The Morgan fingerprint density at radius 2 is 1.87 bits per heavy atom. The molecular formula is C24H24ClNO4. The molecule has 6 heteroatoms. The van der Waals surface area contributed by atoms with Gasteiger partial charge in [0.2, 0.25) is 5.91 Å². The van der Waals surface area contributed by atoms with E-state index in [4.69, 9.17) is 21.1 Å². The van der Waals surface area contributed by atoms with Crippen molar-refractivity contribution in [1.82, 2.24) is 5.32 Å². The molecule has 156 valence electrons. The monoisotopic (exact) mass is 425 g/mol. The van der Waals surface area contributed by atoms with Crippen molar-refractivity contribution in [2.24, 2.45) is 0 Å². The second-order valence-electron chi connectivity index (χ2n) is 7.59. The van der Waals surface area contributed by atoms with Crippen LogP contribution in [0.1, 0.15) is 49.1 Å². The first-order valence-electron chi connectivity index (χ1n) is 10.1. The molecule has 0 saturated carbocycles. The number of ether oxygens (including phenoxy) is 2. The van der Waals surface area contributed by atoms with Gasteiger partial charge in [-0.05, 0) is 48.6 Å². The molecule has 2 aromatic carbocycles. The number of Topliss-reactive ketones (excluding diaryl/α,β-unsaturated/α-hetero) is 1. The molecule has 1 N–H and O–H groups in total. The van der Waals surface area contributed by atoms with Crippen LogP contribution in [0.25, 0.3) is 0 Å². The number of methoxy groups -OCH3 is 1. The maximum Gasteiger partial charge on any atom is 0.225 e. The summed E-state index contributed by atoms with van der Waals surface area (Å²) in [7, 11) is 1.60. The standard InChI is InChI=1S/C24H24ClNO4/c1-3-30-21-9-8-14(12-22(21)29-2)15-10-19-24(20(27)11-15)17(13-23(28)26-19)16-6-4-5-7-18(16)25/h4-9,12,15,17H,3,10-11,13H2,1-2H3,(H,26,28)/t15-,17+/m1/s1. The SMILES string of the molecule is CCOc1ccc([C@H]2CC(=O)C3=C(C2)NC(=O)C[C@H]3c2ccccc2Cl)cc1OC. The molecule has 1 aliphatic carbocycles. The van der Waals surface area contributed by atoms with Gasteiger partial charge in [-0.15, -0.1) is 0 Å². The fourth-order valence-corrected chi connectivity index (χ4v) is 4.70. The number of carbonyl (C=O) groups excluding carboxylic acids is 2. The number of carbonyl (C=O) groups is 2. The maximum atomic E-state index is 13.2. The average molecular weight is 426 g/mol. The van der Waals surface area contributed by atoms with E-state index in [1.165, 1.54) is 0 Å². The van der Waals surface area contributed by atoms with Gasteiger partial charge in [0.15, 0.2) is 17.3 Å². The van der Waals surface area contributed by atoms with Crippen molar-refractivity contribution in [1.29, 1.82) is 0 Å². The van der Waals surface area contributed by atoms with Crippen molar-refractivity contribution in [3.8, 4) is 11.5 Å². The second kappa shape index (κ2) is 8.52. The van der Waals surface area contributed by atoms with Gasteiger partial charge in [-0.25, -0.2) is 0 Å². The van der Waals surface area contributed by atoms with Gasteiger partial charge < -0.3 is 14.8 Å². The molecule has 0 saturated heterocycles. The Hall–Kier alpha value is -2.79. The summed E-state index contributed by atoms with van der Waals surface area (Å²) in [5.74, 6) is 0.950. The van der Waals surface area contributed by atoms with Gasteiger partial charge in [-0.3, -0.25) is 9.59 Å². The molecule has 0 aromatic heterocycles. The van der Waals surface area contributed by atoms with Gasteiger partial charge in [0.1, 0.15) is 0 Å². The number of amides is 1. The zero-order valence-corrected chi connectivity index (χ0v) is 17.8. The second-order valence-corrected chi connectivity index (χ2v) is 8.00. The fraction of sp³-hybridized carbons (Fsp3) is 0.333. The van der Waals surface area contributed by atoms with Crippen LogP contribution in [0.2, 0.25) is 5.02 Å². The first-order valence-corrected chi connectivity index (χ1v) is 10.5. The van der Waals surface area contributed by atoms with Crippen LogP contribution >= 0.6 is 11.6 Å². The molecule has 0 fully saturated rings. The van der Waals surface area contributed by atoms with E-state index >= 15 is 0 Å². The Bertz CT molecular complexity index is 1030. The number of allylic oxidation sites excluding steroid dienone is 2. The zero-order valence-electron chi connectivity index (χ0n) is 17.0. The van der Waals surface area contributed by atoms with Crippen LogP contribution in [0.3, 0.4) is 0 Å². The molecule has 0 unspecified atom stereocenters. The quantitative estimate of drug-likeness (QED) is 0.750. The minimum Gasteiger partial charge on any atom is -0.493 e. The van der Waals surface area contributed by atoms with Gasteiger partial charge in [0.05, 0.1) is 13.7 Å². The van der Waals surface area contributed by atoms with Crippen molar-refractivity contribution in [2.75, 3.05) is 13.7 Å². The van der Waals surface area contributed by atoms with E-state index in [1.807, 2.05) is 43.3 Å².